The molecule has 0 unspecified atom stereocenters. The monoisotopic (exact) mass is 417 g/mol. The molecular weight excluding hydrogens is 391 g/mol. The van der Waals surface area contributed by atoms with Gasteiger partial charge in [0.1, 0.15) is 12.4 Å². The van der Waals surface area contributed by atoms with E-state index in [0.29, 0.717) is 17.9 Å². The molecule has 1 aromatic heterocycles. The van der Waals surface area contributed by atoms with E-state index in [9.17, 15) is 13.2 Å². The van der Waals surface area contributed by atoms with Crippen LogP contribution in [0.15, 0.2) is 48.7 Å². The van der Waals surface area contributed by atoms with Crippen molar-refractivity contribution in [1.29, 1.82) is 0 Å². The first kappa shape index (κ1) is 22.0. The van der Waals surface area contributed by atoms with Crippen LogP contribution in [0.4, 0.5) is 13.2 Å². The molecule has 3 aromatic rings. The highest BCUT2D eigenvalue weighted by atomic mass is 19.4. The molecule has 3 rings (SSSR count). The molecule has 0 saturated heterocycles. The third kappa shape index (κ3) is 4.70. The SMILES string of the molecule is Cc1ccc(-n2ccc(C(F)(F)F)c2COc2ccc(CCCO)c(C)c2C)cc1. The van der Waals surface area contributed by atoms with Crippen LogP contribution in [0.3, 0.4) is 0 Å². The van der Waals surface area contributed by atoms with Crippen LogP contribution in [0, 0.1) is 20.8 Å². The molecule has 0 amide bonds. The number of hydrogen-bond acceptors (Lipinski definition) is 2. The number of aromatic nitrogens is 1. The summed E-state index contributed by atoms with van der Waals surface area (Å²) in [6.07, 6.45) is -1.62. The van der Waals surface area contributed by atoms with E-state index in [4.69, 9.17) is 9.84 Å². The minimum Gasteiger partial charge on any atom is -0.487 e. The zero-order chi connectivity index (χ0) is 21.9. The van der Waals surface area contributed by atoms with Gasteiger partial charge in [-0.15, -0.1) is 0 Å². The normalized spacial score (nSPS) is 11.7. The van der Waals surface area contributed by atoms with Gasteiger partial charge >= 0.3 is 6.18 Å². The lowest BCUT2D eigenvalue weighted by molar-refractivity contribution is -0.138. The molecule has 0 bridgehead atoms. The molecule has 0 saturated carbocycles. The Labute approximate surface area is 174 Å². The number of alkyl halides is 3. The predicted octanol–water partition coefficient (Wildman–Crippen LogP) is 5.93. The van der Waals surface area contributed by atoms with Crippen LogP contribution < -0.4 is 4.74 Å². The largest absolute Gasteiger partial charge is 0.487 e. The third-order valence-electron chi connectivity index (χ3n) is 5.43. The molecule has 6 heteroatoms. The van der Waals surface area contributed by atoms with E-state index in [0.717, 1.165) is 34.7 Å². The fourth-order valence-electron chi connectivity index (χ4n) is 3.51. The summed E-state index contributed by atoms with van der Waals surface area (Å²) in [7, 11) is 0. The number of nitrogens with zero attached hydrogens (tertiary/aromatic N) is 1. The van der Waals surface area contributed by atoms with Gasteiger partial charge in [-0.1, -0.05) is 23.8 Å². The van der Waals surface area contributed by atoms with Gasteiger partial charge in [0.2, 0.25) is 0 Å². The smallest absolute Gasteiger partial charge is 0.418 e. The summed E-state index contributed by atoms with van der Waals surface area (Å²) in [6, 6.07) is 12.1. The van der Waals surface area contributed by atoms with Crippen molar-refractivity contribution in [2.75, 3.05) is 6.61 Å². The molecule has 3 nitrogen and oxygen atoms in total. The second kappa shape index (κ2) is 8.96. The molecule has 1 N–H and O–H groups in total. The summed E-state index contributed by atoms with van der Waals surface area (Å²) in [5.74, 6) is 0.560. The molecule has 0 aliphatic rings. The summed E-state index contributed by atoms with van der Waals surface area (Å²) in [6.45, 7) is 5.71. The van der Waals surface area contributed by atoms with E-state index in [1.807, 2.05) is 39.0 Å². The number of ether oxygens (including phenoxy) is 1. The van der Waals surface area contributed by atoms with Crippen molar-refractivity contribution in [2.45, 2.75) is 46.4 Å². The highest BCUT2D eigenvalue weighted by Gasteiger charge is 2.35. The summed E-state index contributed by atoms with van der Waals surface area (Å²) in [4.78, 5) is 0. The molecule has 0 fully saturated rings. The highest BCUT2D eigenvalue weighted by molar-refractivity contribution is 5.44. The van der Waals surface area contributed by atoms with Crippen LogP contribution in [0.1, 0.15) is 39.9 Å². The second-order valence-corrected chi connectivity index (χ2v) is 7.47. The van der Waals surface area contributed by atoms with E-state index >= 15 is 0 Å². The first-order valence-electron chi connectivity index (χ1n) is 9.89. The number of hydrogen-bond donors (Lipinski definition) is 1. The maximum atomic E-state index is 13.6. The van der Waals surface area contributed by atoms with Crippen LogP contribution in [0.25, 0.3) is 5.69 Å². The van der Waals surface area contributed by atoms with E-state index in [-0.39, 0.29) is 18.9 Å². The van der Waals surface area contributed by atoms with Crippen LogP contribution in [0.2, 0.25) is 0 Å². The molecule has 0 aliphatic heterocycles. The number of aliphatic hydroxyl groups is 1. The van der Waals surface area contributed by atoms with Gasteiger partial charge in [-0.25, -0.2) is 0 Å². The van der Waals surface area contributed by atoms with E-state index < -0.39 is 11.7 Å². The van der Waals surface area contributed by atoms with Crippen LogP contribution in [-0.4, -0.2) is 16.3 Å². The topological polar surface area (TPSA) is 34.4 Å². The van der Waals surface area contributed by atoms with E-state index in [1.54, 1.807) is 18.2 Å². The van der Waals surface area contributed by atoms with Gasteiger partial charge in [0.15, 0.2) is 0 Å². The second-order valence-electron chi connectivity index (χ2n) is 7.47. The summed E-state index contributed by atoms with van der Waals surface area (Å²) >= 11 is 0. The number of rotatable bonds is 7. The lowest BCUT2D eigenvalue weighted by atomic mass is 9.99. The van der Waals surface area contributed by atoms with Crippen molar-refractivity contribution >= 4 is 0 Å². The van der Waals surface area contributed by atoms with Crippen molar-refractivity contribution in [3.8, 4) is 11.4 Å². The van der Waals surface area contributed by atoms with E-state index in [2.05, 4.69) is 0 Å². The molecule has 160 valence electrons. The quantitative estimate of drug-likeness (QED) is 0.517. The fraction of sp³-hybridized carbons (Fsp3) is 0.333. The lowest BCUT2D eigenvalue weighted by Crippen LogP contribution is -2.13. The average molecular weight is 417 g/mol. The standard InChI is InChI=1S/C24H26F3NO2/c1-16-6-9-20(10-7-16)28-13-12-21(24(25,26)27)22(28)15-30-23-11-8-19(5-4-14-29)17(2)18(23)3/h6-13,29H,4-5,14-15H2,1-3H3. The third-order valence-corrected chi connectivity index (χ3v) is 5.43. The van der Waals surface area contributed by atoms with Gasteiger partial charge in [0, 0.05) is 18.5 Å². The number of benzene rings is 2. The first-order chi connectivity index (χ1) is 14.2. The zero-order valence-electron chi connectivity index (χ0n) is 17.4. The Morgan fingerprint density at radius 2 is 1.63 bits per heavy atom. The lowest BCUT2D eigenvalue weighted by Gasteiger charge is -2.17. The van der Waals surface area contributed by atoms with Gasteiger partial charge in [-0.3, -0.25) is 0 Å². The van der Waals surface area contributed by atoms with Crippen molar-refractivity contribution in [3.63, 3.8) is 0 Å². The average Bonchev–Trinajstić information content (AvgIpc) is 3.13. The first-order valence-corrected chi connectivity index (χ1v) is 9.89. The van der Waals surface area contributed by atoms with Gasteiger partial charge in [-0.2, -0.15) is 13.2 Å². The summed E-state index contributed by atoms with van der Waals surface area (Å²) in [5.41, 5.74) is 4.09. The molecular formula is C24H26F3NO2. The maximum Gasteiger partial charge on any atom is 0.418 e. The van der Waals surface area contributed by atoms with Crippen molar-refractivity contribution < 1.29 is 23.0 Å². The Morgan fingerprint density at radius 1 is 0.933 bits per heavy atom. The molecule has 2 aromatic carbocycles. The molecule has 0 aliphatic carbocycles. The van der Waals surface area contributed by atoms with Crippen molar-refractivity contribution in [2.24, 2.45) is 0 Å². The van der Waals surface area contributed by atoms with Gasteiger partial charge < -0.3 is 14.4 Å². The maximum absolute atomic E-state index is 13.6. The minimum absolute atomic E-state index is 0.0627. The molecule has 30 heavy (non-hydrogen) atoms. The molecule has 1 heterocycles. The number of halogens is 3. The van der Waals surface area contributed by atoms with Gasteiger partial charge in [-0.05, 0) is 74.6 Å². The van der Waals surface area contributed by atoms with Crippen molar-refractivity contribution in [3.05, 3.63) is 82.2 Å². The number of aliphatic hydroxyl groups excluding tert-OH is 1. The Balaban J connectivity index is 1.92. The van der Waals surface area contributed by atoms with Gasteiger partial charge in [0.05, 0.1) is 11.3 Å². The summed E-state index contributed by atoms with van der Waals surface area (Å²) in [5, 5.41) is 9.04. The van der Waals surface area contributed by atoms with Crippen LogP contribution >= 0.6 is 0 Å². The Kier molecular flexibility index (Phi) is 6.56. The Hall–Kier alpha value is -2.73. The Morgan fingerprint density at radius 3 is 2.27 bits per heavy atom. The highest BCUT2D eigenvalue weighted by Crippen LogP contribution is 2.35. The fourth-order valence-corrected chi connectivity index (χ4v) is 3.51. The number of aryl methyl sites for hydroxylation is 2. The molecule has 0 atom stereocenters. The van der Waals surface area contributed by atoms with Crippen LogP contribution in [0.5, 0.6) is 5.75 Å². The Bertz CT molecular complexity index is 1000. The predicted molar refractivity (Wildman–Crippen MR) is 111 cm³/mol. The summed E-state index contributed by atoms with van der Waals surface area (Å²) < 4.78 is 48.2. The van der Waals surface area contributed by atoms with E-state index in [1.165, 1.54) is 10.8 Å². The van der Waals surface area contributed by atoms with Crippen LogP contribution in [-0.2, 0) is 19.2 Å². The molecule has 0 radical (unpaired) electrons. The zero-order valence-corrected chi connectivity index (χ0v) is 17.4. The van der Waals surface area contributed by atoms with Crippen molar-refractivity contribution in [1.82, 2.24) is 4.57 Å². The molecule has 0 spiro atoms. The van der Waals surface area contributed by atoms with Gasteiger partial charge in [0.25, 0.3) is 0 Å². The minimum atomic E-state index is -4.46.